The number of aromatic nitrogens is 3. The van der Waals surface area contributed by atoms with Crippen LogP contribution in [0.4, 0.5) is 15.8 Å². The summed E-state index contributed by atoms with van der Waals surface area (Å²) in [6.45, 7) is 0. The SMILES string of the molecule is COc1ccc2nccc(-c3[nH]c4c(c3Nc3cccc(F)c3OC)C(=O)N[C@H]3CC[C@@H]43)c2n1. The first kappa shape index (κ1) is 20.5. The van der Waals surface area contributed by atoms with Crippen molar-refractivity contribution in [3.8, 4) is 22.9 Å². The molecule has 6 rings (SSSR count). The fourth-order valence-electron chi connectivity index (χ4n) is 4.89. The molecule has 8 nitrogen and oxygen atoms in total. The standard InChI is InChI=1S/C25H22FN5O3/c1-33-18-9-8-16-20(30-18)13(10-11-27-16)22-23(28-17-5-3-4-14(26)24(17)34-2)19-21(31-22)12-6-7-15(12)29-25(19)32/h3-5,8-12,15,28,31H,6-7H2,1-2H3,(H,29,32)/t12-,15+/m1/s1. The Hall–Kier alpha value is -4.14. The number of hydrogen-bond donors (Lipinski definition) is 3. The van der Waals surface area contributed by atoms with E-state index in [-0.39, 0.29) is 23.6 Å². The van der Waals surface area contributed by atoms with Gasteiger partial charge in [0.25, 0.3) is 5.91 Å². The molecular formula is C25H22FN5O3. The number of fused-ring (bicyclic) bond motifs is 4. The van der Waals surface area contributed by atoms with E-state index < -0.39 is 5.82 Å². The molecule has 9 heteroatoms. The van der Waals surface area contributed by atoms with Crippen molar-refractivity contribution in [2.24, 2.45) is 0 Å². The first-order valence-corrected chi connectivity index (χ1v) is 11.1. The van der Waals surface area contributed by atoms with Gasteiger partial charge in [-0.25, -0.2) is 9.37 Å². The second kappa shape index (κ2) is 7.72. The first-order valence-electron chi connectivity index (χ1n) is 11.1. The molecule has 0 radical (unpaired) electrons. The average Bonchev–Trinajstić information content (AvgIpc) is 3.19. The minimum atomic E-state index is -0.497. The smallest absolute Gasteiger partial charge is 0.255 e. The zero-order chi connectivity index (χ0) is 23.4. The molecule has 0 saturated heterocycles. The van der Waals surface area contributed by atoms with Crippen LogP contribution < -0.4 is 20.1 Å². The Morgan fingerprint density at radius 3 is 2.76 bits per heavy atom. The monoisotopic (exact) mass is 459 g/mol. The van der Waals surface area contributed by atoms with Crippen LogP contribution in [0.5, 0.6) is 11.6 Å². The minimum absolute atomic E-state index is 0.0699. The number of pyridine rings is 2. The Kier molecular flexibility index (Phi) is 4.65. The third kappa shape index (κ3) is 3.00. The van der Waals surface area contributed by atoms with Gasteiger partial charge in [-0.15, -0.1) is 0 Å². The van der Waals surface area contributed by atoms with Crippen LogP contribution >= 0.6 is 0 Å². The highest BCUT2D eigenvalue weighted by atomic mass is 19.1. The van der Waals surface area contributed by atoms with Crippen molar-refractivity contribution in [3.63, 3.8) is 0 Å². The van der Waals surface area contributed by atoms with Crippen molar-refractivity contribution in [1.29, 1.82) is 0 Å². The summed E-state index contributed by atoms with van der Waals surface area (Å²) in [4.78, 5) is 25.8. The van der Waals surface area contributed by atoms with E-state index in [2.05, 4.69) is 25.6 Å². The van der Waals surface area contributed by atoms with E-state index in [1.165, 1.54) is 13.2 Å². The fourth-order valence-corrected chi connectivity index (χ4v) is 4.89. The largest absolute Gasteiger partial charge is 0.492 e. The van der Waals surface area contributed by atoms with E-state index in [1.807, 2.05) is 12.1 Å². The molecule has 34 heavy (non-hydrogen) atoms. The molecule has 1 aliphatic carbocycles. The quantitative estimate of drug-likeness (QED) is 0.406. The van der Waals surface area contributed by atoms with Crippen LogP contribution in [0, 0.1) is 5.82 Å². The lowest BCUT2D eigenvalue weighted by Gasteiger charge is -2.40. The summed E-state index contributed by atoms with van der Waals surface area (Å²) in [5.74, 6) is 0.0617. The Balaban J connectivity index is 1.60. The van der Waals surface area contributed by atoms with Crippen molar-refractivity contribution in [2.45, 2.75) is 24.8 Å². The summed E-state index contributed by atoms with van der Waals surface area (Å²) in [6, 6.07) is 10.2. The van der Waals surface area contributed by atoms with E-state index in [0.717, 1.165) is 24.1 Å². The van der Waals surface area contributed by atoms with E-state index in [1.54, 1.807) is 31.5 Å². The van der Waals surface area contributed by atoms with Gasteiger partial charge in [0.2, 0.25) is 5.88 Å². The van der Waals surface area contributed by atoms with Crippen LogP contribution in [0.3, 0.4) is 0 Å². The molecule has 4 heterocycles. The van der Waals surface area contributed by atoms with Crippen molar-refractivity contribution in [3.05, 3.63) is 59.7 Å². The van der Waals surface area contributed by atoms with Crippen molar-refractivity contribution < 1.29 is 18.7 Å². The van der Waals surface area contributed by atoms with Gasteiger partial charge < -0.3 is 25.1 Å². The third-order valence-electron chi connectivity index (χ3n) is 6.69. The highest BCUT2D eigenvalue weighted by molar-refractivity contribution is 6.08. The van der Waals surface area contributed by atoms with Crippen LogP contribution in [0.15, 0.2) is 42.6 Å². The lowest BCUT2D eigenvalue weighted by Crippen LogP contribution is -2.49. The molecule has 3 N–H and O–H groups in total. The number of carbonyl (C=O) groups is 1. The molecule has 1 amide bonds. The summed E-state index contributed by atoms with van der Waals surface area (Å²) >= 11 is 0. The molecule has 1 saturated carbocycles. The normalized spacial score (nSPS) is 18.5. The number of methoxy groups -OCH3 is 2. The van der Waals surface area contributed by atoms with Gasteiger partial charge in [-0.05, 0) is 37.1 Å². The van der Waals surface area contributed by atoms with Crippen molar-refractivity contribution in [1.82, 2.24) is 20.3 Å². The van der Waals surface area contributed by atoms with Crippen LogP contribution in [-0.2, 0) is 0 Å². The van der Waals surface area contributed by atoms with E-state index >= 15 is 0 Å². The molecule has 3 aromatic heterocycles. The van der Waals surface area contributed by atoms with Gasteiger partial charge in [0.15, 0.2) is 11.6 Å². The minimum Gasteiger partial charge on any atom is -0.492 e. The number of benzene rings is 1. The Morgan fingerprint density at radius 2 is 2.00 bits per heavy atom. The topological polar surface area (TPSA) is 101 Å². The lowest BCUT2D eigenvalue weighted by atomic mass is 9.74. The zero-order valence-corrected chi connectivity index (χ0v) is 18.6. The molecule has 1 aliphatic heterocycles. The van der Waals surface area contributed by atoms with Crippen molar-refractivity contribution >= 4 is 28.3 Å². The summed E-state index contributed by atoms with van der Waals surface area (Å²) in [5, 5.41) is 6.39. The predicted molar refractivity (Wildman–Crippen MR) is 125 cm³/mol. The Morgan fingerprint density at radius 1 is 1.12 bits per heavy atom. The van der Waals surface area contributed by atoms with Gasteiger partial charge in [0.1, 0.15) is 5.52 Å². The summed E-state index contributed by atoms with van der Waals surface area (Å²) in [7, 11) is 2.97. The molecule has 2 atom stereocenters. The highest BCUT2D eigenvalue weighted by Gasteiger charge is 2.43. The number of hydrogen-bond acceptors (Lipinski definition) is 6. The summed E-state index contributed by atoms with van der Waals surface area (Å²) in [5.41, 5.74) is 5.09. The summed E-state index contributed by atoms with van der Waals surface area (Å²) in [6.07, 6.45) is 3.62. The third-order valence-corrected chi connectivity index (χ3v) is 6.69. The van der Waals surface area contributed by atoms with Gasteiger partial charge >= 0.3 is 0 Å². The number of anilines is 2. The van der Waals surface area contributed by atoms with Gasteiger partial charge in [-0.3, -0.25) is 9.78 Å². The fraction of sp³-hybridized carbons (Fsp3) is 0.240. The number of para-hydroxylation sites is 1. The lowest BCUT2D eigenvalue weighted by molar-refractivity contribution is 0.0878. The predicted octanol–water partition coefficient (Wildman–Crippen LogP) is 4.51. The maximum atomic E-state index is 14.4. The van der Waals surface area contributed by atoms with Gasteiger partial charge in [-0.2, -0.15) is 0 Å². The zero-order valence-electron chi connectivity index (χ0n) is 18.6. The second-order valence-corrected chi connectivity index (χ2v) is 8.45. The number of nitrogens with one attached hydrogen (secondary N) is 3. The molecule has 0 spiro atoms. The molecule has 0 unspecified atom stereocenters. The van der Waals surface area contributed by atoms with Crippen LogP contribution in [0.1, 0.15) is 34.8 Å². The van der Waals surface area contributed by atoms with E-state index in [4.69, 9.17) is 9.47 Å². The van der Waals surface area contributed by atoms with Crippen LogP contribution in [0.2, 0.25) is 0 Å². The van der Waals surface area contributed by atoms with Crippen LogP contribution in [0.25, 0.3) is 22.3 Å². The average molecular weight is 459 g/mol. The highest BCUT2D eigenvalue weighted by Crippen LogP contribution is 2.48. The molecule has 1 fully saturated rings. The van der Waals surface area contributed by atoms with E-state index in [9.17, 15) is 9.18 Å². The molecule has 2 aliphatic rings. The number of amides is 1. The molecule has 172 valence electrons. The number of rotatable bonds is 5. The van der Waals surface area contributed by atoms with Crippen LogP contribution in [-0.4, -0.2) is 41.1 Å². The van der Waals surface area contributed by atoms with Gasteiger partial charge in [-0.1, -0.05) is 6.07 Å². The number of nitrogens with zero attached hydrogens (tertiary/aromatic N) is 2. The summed E-state index contributed by atoms with van der Waals surface area (Å²) < 4.78 is 25.1. The molecule has 0 bridgehead atoms. The Labute approximate surface area is 194 Å². The van der Waals surface area contributed by atoms with Crippen molar-refractivity contribution in [2.75, 3.05) is 19.5 Å². The molecule has 4 aromatic rings. The number of halogens is 1. The number of H-pyrrole nitrogens is 1. The number of ether oxygens (including phenoxy) is 2. The maximum absolute atomic E-state index is 14.4. The molecule has 1 aromatic carbocycles. The number of aromatic amines is 1. The van der Waals surface area contributed by atoms with Gasteiger partial charge in [0, 0.05) is 35.5 Å². The maximum Gasteiger partial charge on any atom is 0.255 e. The van der Waals surface area contributed by atoms with Gasteiger partial charge in [0.05, 0.1) is 42.4 Å². The first-order chi connectivity index (χ1) is 16.6. The molecular weight excluding hydrogens is 437 g/mol. The number of carbonyl (C=O) groups excluding carboxylic acids is 1. The van der Waals surface area contributed by atoms with E-state index in [0.29, 0.717) is 39.5 Å². The Bertz CT molecular complexity index is 1450. The second-order valence-electron chi connectivity index (χ2n) is 8.45.